The first-order chi connectivity index (χ1) is 12.1. The lowest BCUT2D eigenvalue weighted by atomic mass is 9.94. The van der Waals surface area contributed by atoms with E-state index in [-0.39, 0.29) is 30.7 Å². The molecule has 134 valence electrons. The first-order valence-electron chi connectivity index (χ1n) is 8.54. The molecule has 7 heteroatoms. The van der Waals surface area contributed by atoms with Crippen LogP contribution in [0.25, 0.3) is 10.8 Å². The van der Waals surface area contributed by atoms with Crippen molar-refractivity contribution in [1.29, 1.82) is 0 Å². The van der Waals surface area contributed by atoms with Crippen LogP contribution in [0.5, 0.6) is 0 Å². The maximum Gasteiger partial charge on any atom is 0.275 e. The summed E-state index contributed by atoms with van der Waals surface area (Å²) in [6, 6.07) is 7.01. The molecule has 25 heavy (non-hydrogen) atoms. The number of aliphatic hydroxyl groups excluding tert-OH is 1. The van der Waals surface area contributed by atoms with Crippen molar-refractivity contribution < 1.29 is 9.90 Å². The largest absolute Gasteiger partial charge is 0.394 e. The fraction of sp³-hybridized carbons (Fsp3) is 0.500. The van der Waals surface area contributed by atoms with Gasteiger partial charge in [-0.05, 0) is 43.3 Å². The number of carbonyl (C=O) groups is 1. The lowest BCUT2D eigenvalue weighted by Crippen LogP contribution is -2.46. The van der Waals surface area contributed by atoms with Crippen LogP contribution in [0, 0.1) is 12.8 Å². The number of rotatable bonds is 5. The van der Waals surface area contributed by atoms with Crippen LogP contribution in [-0.2, 0) is 11.3 Å². The van der Waals surface area contributed by atoms with Gasteiger partial charge in [-0.3, -0.25) is 9.59 Å². The van der Waals surface area contributed by atoms with Crippen LogP contribution in [0.2, 0.25) is 0 Å². The van der Waals surface area contributed by atoms with Crippen LogP contribution >= 0.6 is 11.8 Å². The van der Waals surface area contributed by atoms with E-state index in [1.54, 1.807) is 12.1 Å². The molecule has 0 unspecified atom stereocenters. The van der Waals surface area contributed by atoms with E-state index in [0.717, 1.165) is 29.7 Å². The number of amides is 1. The molecule has 3 rings (SSSR count). The number of nitrogens with one attached hydrogen (secondary N) is 1. The maximum absolute atomic E-state index is 12.5. The average Bonchev–Trinajstić information content (AvgIpc) is 2.64. The third kappa shape index (κ3) is 4.04. The highest BCUT2D eigenvalue weighted by atomic mass is 32.2. The van der Waals surface area contributed by atoms with E-state index in [1.165, 1.54) is 4.68 Å². The molecule has 2 N–H and O–H groups in total. The van der Waals surface area contributed by atoms with Crippen molar-refractivity contribution in [3.05, 3.63) is 40.3 Å². The number of aliphatic hydroxyl groups is 1. The first kappa shape index (κ1) is 17.9. The standard InChI is InChI=1S/C18H23N3O3S/c1-12-14-4-2-3-5-15(14)18(24)21(20-12)10-17(23)19-16(11-22)13-6-8-25-9-7-13/h2-5,13,16,22H,6-11H2,1H3,(H,19,23)/t16-/m0/s1. The Morgan fingerprint density at radius 1 is 1.36 bits per heavy atom. The molecule has 2 heterocycles. The first-order valence-corrected chi connectivity index (χ1v) is 9.70. The minimum atomic E-state index is -0.290. The molecule has 0 aliphatic carbocycles. The Bertz CT molecular complexity index is 815. The quantitative estimate of drug-likeness (QED) is 0.839. The Morgan fingerprint density at radius 3 is 2.72 bits per heavy atom. The molecule has 2 aromatic rings. The zero-order chi connectivity index (χ0) is 17.8. The molecule has 1 fully saturated rings. The Balaban J connectivity index is 1.75. The number of hydrogen-bond donors (Lipinski definition) is 2. The molecule has 1 aliphatic heterocycles. The maximum atomic E-state index is 12.5. The SMILES string of the molecule is Cc1nn(CC(=O)N[C@@H](CO)C2CCSCC2)c(=O)c2ccccc12. The second-order valence-corrected chi connectivity index (χ2v) is 7.62. The second-order valence-electron chi connectivity index (χ2n) is 6.40. The van der Waals surface area contributed by atoms with E-state index in [1.807, 2.05) is 30.8 Å². The van der Waals surface area contributed by atoms with Gasteiger partial charge < -0.3 is 10.4 Å². The Kier molecular flexibility index (Phi) is 5.75. The number of aromatic nitrogens is 2. The van der Waals surface area contributed by atoms with Crippen LogP contribution in [0.3, 0.4) is 0 Å². The van der Waals surface area contributed by atoms with Crippen molar-refractivity contribution >= 4 is 28.4 Å². The van der Waals surface area contributed by atoms with E-state index >= 15 is 0 Å². The molecule has 0 saturated carbocycles. The summed E-state index contributed by atoms with van der Waals surface area (Å²) >= 11 is 1.90. The van der Waals surface area contributed by atoms with E-state index in [4.69, 9.17) is 0 Å². The summed E-state index contributed by atoms with van der Waals surface area (Å²) in [6.07, 6.45) is 1.98. The molecular weight excluding hydrogens is 338 g/mol. The van der Waals surface area contributed by atoms with Crippen LogP contribution in [-0.4, -0.2) is 44.9 Å². The molecular formula is C18H23N3O3S. The van der Waals surface area contributed by atoms with Crippen molar-refractivity contribution in [3.8, 4) is 0 Å². The number of aryl methyl sites for hydroxylation is 1. The monoisotopic (exact) mass is 361 g/mol. The van der Waals surface area contributed by atoms with Gasteiger partial charge >= 0.3 is 0 Å². The van der Waals surface area contributed by atoms with Gasteiger partial charge in [0.15, 0.2) is 0 Å². The number of nitrogens with zero attached hydrogens (tertiary/aromatic N) is 2. The molecule has 1 amide bonds. The van der Waals surface area contributed by atoms with Crippen molar-refractivity contribution in [2.75, 3.05) is 18.1 Å². The van der Waals surface area contributed by atoms with Gasteiger partial charge in [0.1, 0.15) is 6.54 Å². The summed E-state index contributed by atoms with van der Waals surface area (Å²) in [7, 11) is 0. The summed E-state index contributed by atoms with van der Waals surface area (Å²) in [5.74, 6) is 2.11. The smallest absolute Gasteiger partial charge is 0.275 e. The van der Waals surface area contributed by atoms with Crippen molar-refractivity contribution in [2.24, 2.45) is 5.92 Å². The highest BCUT2D eigenvalue weighted by Crippen LogP contribution is 2.25. The van der Waals surface area contributed by atoms with Gasteiger partial charge in [0.2, 0.25) is 5.91 Å². The highest BCUT2D eigenvalue weighted by Gasteiger charge is 2.25. The highest BCUT2D eigenvalue weighted by molar-refractivity contribution is 7.99. The van der Waals surface area contributed by atoms with Crippen LogP contribution < -0.4 is 10.9 Å². The molecule has 0 radical (unpaired) electrons. The zero-order valence-corrected chi connectivity index (χ0v) is 15.1. The second kappa shape index (κ2) is 8.01. The van der Waals surface area contributed by atoms with E-state index in [2.05, 4.69) is 10.4 Å². The summed E-state index contributed by atoms with van der Waals surface area (Å²) in [5.41, 5.74) is 0.442. The van der Waals surface area contributed by atoms with E-state index in [0.29, 0.717) is 17.0 Å². The fourth-order valence-corrected chi connectivity index (χ4v) is 4.47. The normalized spacial score (nSPS) is 16.7. The Labute approximate surface area is 150 Å². The molecule has 1 aromatic carbocycles. The predicted molar refractivity (Wildman–Crippen MR) is 99.8 cm³/mol. The zero-order valence-electron chi connectivity index (χ0n) is 14.3. The third-order valence-electron chi connectivity index (χ3n) is 4.72. The molecule has 0 spiro atoms. The van der Waals surface area contributed by atoms with Gasteiger partial charge in [0, 0.05) is 5.39 Å². The topological polar surface area (TPSA) is 84.2 Å². The summed E-state index contributed by atoms with van der Waals surface area (Å²) < 4.78 is 1.21. The van der Waals surface area contributed by atoms with E-state index < -0.39 is 0 Å². The van der Waals surface area contributed by atoms with Gasteiger partial charge in [-0.1, -0.05) is 18.2 Å². The fourth-order valence-electron chi connectivity index (χ4n) is 3.33. The number of thioether (sulfide) groups is 1. The van der Waals surface area contributed by atoms with Crippen molar-refractivity contribution in [2.45, 2.75) is 32.4 Å². The van der Waals surface area contributed by atoms with Crippen molar-refractivity contribution in [3.63, 3.8) is 0 Å². The number of hydrogen-bond acceptors (Lipinski definition) is 5. The molecule has 1 aromatic heterocycles. The van der Waals surface area contributed by atoms with Gasteiger partial charge in [-0.25, -0.2) is 4.68 Å². The number of carbonyl (C=O) groups excluding carboxylic acids is 1. The molecule has 1 atom stereocenters. The Hall–Kier alpha value is -1.86. The van der Waals surface area contributed by atoms with Crippen molar-refractivity contribution in [1.82, 2.24) is 15.1 Å². The summed E-state index contributed by atoms with van der Waals surface area (Å²) in [4.78, 5) is 24.9. The predicted octanol–water partition coefficient (Wildman–Crippen LogP) is 1.33. The van der Waals surface area contributed by atoms with Crippen LogP contribution in [0.4, 0.5) is 0 Å². The van der Waals surface area contributed by atoms with Gasteiger partial charge in [0.05, 0.1) is 23.7 Å². The summed E-state index contributed by atoms with van der Waals surface area (Å²) in [6.45, 7) is 1.61. The van der Waals surface area contributed by atoms with Gasteiger partial charge in [0.25, 0.3) is 5.56 Å². The van der Waals surface area contributed by atoms with Crippen LogP contribution in [0.1, 0.15) is 18.5 Å². The molecule has 6 nitrogen and oxygen atoms in total. The number of fused-ring (bicyclic) bond motifs is 1. The lowest BCUT2D eigenvalue weighted by Gasteiger charge is -2.29. The summed E-state index contributed by atoms with van der Waals surface area (Å²) in [5, 5.41) is 18.1. The molecule has 1 aliphatic rings. The average molecular weight is 361 g/mol. The lowest BCUT2D eigenvalue weighted by molar-refractivity contribution is -0.123. The number of benzene rings is 1. The van der Waals surface area contributed by atoms with Crippen LogP contribution in [0.15, 0.2) is 29.1 Å². The minimum absolute atomic E-state index is 0.0832. The Morgan fingerprint density at radius 2 is 2.04 bits per heavy atom. The minimum Gasteiger partial charge on any atom is -0.394 e. The molecule has 0 bridgehead atoms. The van der Waals surface area contributed by atoms with E-state index in [9.17, 15) is 14.7 Å². The van der Waals surface area contributed by atoms with Gasteiger partial charge in [-0.2, -0.15) is 16.9 Å². The van der Waals surface area contributed by atoms with Gasteiger partial charge in [-0.15, -0.1) is 0 Å². The third-order valence-corrected chi connectivity index (χ3v) is 5.77. The molecule has 1 saturated heterocycles.